The number of hydrogen-bond donors (Lipinski definition) is 1. The van der Waals surface area contributed by atoms with Gasteiger partial charge in [-0.15, -0.1) is 0 Å². The Bertz CT molecular complexity index is 655. The molecule has 1 aliphatic heterocycles. The number of hydrogen-bond acceptors (Lipinski definition) is 5. The van der Waals surface area contributed by atoms with Crippen molar-refractivity contribution in [3.8, 4) is 0 Å². The van der Waals surface area contributed by atoms with E-state index in [1.54, 1.807) is 7.05 Å². The number of rotatable bonds is 2. The number of aliphatic imine (C=N–C) groups is 1. The third-order valence-corrected chi connectivity index (χ3v) is 2.79. The van der Waals surface area contributed by atoms with E-state index in [9.17, 15) is 14.4 Å². The number of amides is 1. The highest BCUT2D eigenvalue weighted by atomic mass is 16.2. The molecule has 0 saturated carbocycles. The first-order valence-corrected chi connectivity index (χ1v) is 5.27. The molecule has 96 valence electrons. The van der Waals surface area contributed by atoms with E-state index in [2.05, 4.69) is 4.99 Å². The monoisotopic (exact) mass is 251 g/mol. The fraction of sp³-hybridized carbons (Fsp3) is 0.400. The second kappa shape index (κ2) is 4.13. The number of nitrogens with two attached hydrogens (primary N) is 1. The highest BCUT2D eigenvalue weighted by molar-refractivity contribution is 5.79. The molecule has 1 aromatic heterocycles. The van der Waals surface area contributed by atoms with Crippen LogP contribution in [0.5, 0.6) is 0 Å². The predicted octanol–water partition coefficient (Wildman–Crippen LogP) is -1.96. The lowest BCUT2D eigenvalue weighted by Crippen LogP contribution is -2.43. The summed E-state index contributed by atoms with van der Waals surface area (Å²) in [7, 11) is 2.95. The van der Waals surface area contributed by atoms with Crippen LogP contribution in [-0.2, 0) is 25.4 Å². The number of nitrogens with zero attached hydrogens (tertiary/aromatic N) is 4. The van der Waals surface area contributed by atoms with Gasteiger partial charge in [-0.3, -0.25) is 18.7 Å². The van der Waals surface area contributed by atoms with Crippen LogP contribution in [0, 0.1) is 0 Å². The summed E-state index contributed by atoms with van der Waals surface area (Å²) in [5.74, 6) is -0.185. The molecule has 2 heterocycles. The first kappa shape index (κ1) is 12.1. The standard InChI is InChI=1S/C10H13N5O3/c1-13-8-6(9(17)14(2)10(13)18)3-15(5-12-8)4-7(11)16/h5H,3-4H2,1-2H3,(H2,11,16). The van der Waals surface area contributed by atoms with Crippen molar-refractivity contribution in [1.82, 2.24) is 14.0 Å². The summed E-state index contributed by atoms with van der Waals surface area (Å²) in [6.45, 7) is 0.192. The van der Waals surface area contributed by atoms with Crippen LogP contribution in [0.15, 0.2) is 14.6 Å². The Kier molecular flexibility index (Phi) is 2.77. The molecule has 2 rings (SSSR count). The molecule has 8 heteroatoms. The maximum absolute atomic E-state index is 12.0. The lowest BCUT2D eigenvalue weighted by molar-refractivity contribution is -0.118. The van der Waals surface area contributed by atoms with Crippen LogP contribution in [-0.4, -0.2) is 32.8 Å². The van der Waals surface area contributed by atoms with Crippen LogP contribution >= 0.6 is 0 Å². The van der Waals surface area contributed by atoms with Gasteiger partial charge in [0.05, 0.1) is 25.0 Å². The van der Waals surface area contributed by atoms with Crippen LogP contribution in [0.2, 0.25) is 0 Å². The Morgan fingerprint density at radius 1 is 1.39 bits per heavy atom. The predicted molar refractivity (Wildman–Crippen MR) is 64.7 cm³/mol. The van der Waals surface area contributed by atoms with Crippen molar-refractivity contribution in [3.63, 3.8) is 0 Å². The zero-order valence-electron chi connectivity index (χ0n) is 10.1. The third kappa shape index (κ3) is 1.81. The topological polar surface area (TPSA) is 103 Å². The van der Waals surface area contributed by atoms with E-state index < -0.39 is 17.2 Å². The molecule has 0 bridgehead atoms. The minimum atomic E-state index is -0.508. The van der Waals surface area contributed by atoms with Crippen LogP contribution in [0.1, 0.15) is 5.56 Å². The minimum Gasteiger partial charge on any atom is -0.368 e. The summed E-state index contributed by atoms with van der Waals surface area (Å²) < 4.78 is 2.32. The lowest BCUT2D eigenvalue weighted by atomic mass is 10.2. The Morgan fingerprint density at radius 3 is 2.67 bits per heavy atom. The molecule has 2 N–H and O–H groups in total. The maximum atomic E-state index is 12.0. The highest BCUT2D eigenvalue weighted by Gasteiger charge is 2.21. The van der Waals surface area contributed by atoms with E-state index in [0.717, 1.165) is 4.57 Å². The Balaban J connectivity index is 2.54. The van der Waals surface area contributed by atoms with E-state index in [1.165, 1.54) is 22.9 Å². The zero-order chi connectivity index (χ0) is 13.4. The van der Waals surface area contributed by atoms with Gasteiger partial charge < -0.3 is 10.6 Å². The molecule has 0 aromatic carbocycles. The Labute approximate surface area is 102 Å². The normalized spacial score (nSPS) is 13.6. The number of carbonyl (C=O) groups excluding carboxylic acids is 1. The van der Waals surface area contributed by atoms with Crippen molar-refractivity contribution in [2.24, 2.45) is 24.8 Å². The molecule has 0 atom stereocenters. The average Bonchev–Trinajstić information content (AvgIpc) is 2.33. The Hall–Kier alpha value is -2.38. The minimum absolute atomic E-state index is 0.0189. The first-order chi connectivity index (χ1) is 8.41. The van der Waals surface area contributed by atoms with Crippen molar-refractivity contribution >= 4 is 18.1 Å². The van der Waals surface area contributed by atoms with E-state index in [0.29, 0.717) is 11.4 Å². The van der Waals surface area contributed by atoms with Crippen LogP contribution in [0.25, 0.3) is 0 Å². The van der Waals surface area contributed by atoms with E-state index in [1.807, 2.05) is 0 Å². The Morgan fingerprint density at radius 2 is 2.06 bits per heavy atom. The quantitative estimate of drug-likeness (QED) is 0.659. The summed E-state index contributed by atoms with van der Waals surface area (Å²) in [4.78, 5) is 40.0. The summed E-state index contributed by atoms with van der Waals surface area (Å²) in [6, 6.07) is 0. The fourth-order valence-corrected chi connectivity index (χ4v) is 1.88. The number of fused-ring (bicyclic) bond motifs is 1. The third-order valence-electron chi connectivity index (χ3n) is 2.79. The zero-order valence-corrected chi connectivity index (χ0v) is 10.1. The van der Waals surface area contributed by atoms with Crippen molar-refractivity contribution in [3.05, 3.63) is 26.4 Å². The largest absolute Gasteiger partial charge is 0.368 e. The molecule has 0 aliphatic carbocycles. The molecular formula is C10H13N5O3. The van der Waals surface area contributed by atoms with E-state index in [-0.39, 0.29) is 13.1 Å². The van der Waals surface area contributed by atoms with Gasteiger partial charge in [-0.1, -0.05) is 0 Å². The molecular weight excluding hydrogens is 238 g/mol. The average molecular weight is 251 g/mol. The summed E-state index contributed by atoms with van der Waals surface area (Å²) >= 11 is 0. The van der Waals surface area contributed by atoms with Gasteiger partial charge in [0.15, 0.2) is 0 Å². The van der Waals surface area contributed by atoms with E-state index in [4.69, 9.17) is 5.73 Å². The highest BCUT2D eigenvalue weighted by Crippen LogP contribution is 2.17. The molecule has 0 saturated heterocycles. The summed E-state index contributed by atoms with van der Waals surface area (Å²) in [6.07, 6.45) is 1.41. The molecule has 0 spiro atoms. The second-order valence-electron chi connectivity index (χ2n) is 4.12. The second-order valence-corrected chi connectivity index (χ2v) is 4.12. The van der Waals surface area contributed by atoms with Gasteiger partial charge in [0.2, 0.25) is 5.91 Å². The van der Waals surface area contributed by atoms with Gasteiger partial charge in [0.1, 0.15) is 5.82 Å². The number of aromatic nitrogens is 2. The van der Waals surface area contributed by atoms with Gasteiger partial charge in [0, 0.05) is 14.1 Å². The molecule has 1 aromatic rings. The van der Waals surface area contributed by atoms with Crippen molar-refractivity contribution in [1.29, 1.82) is 0 Å². The van der Waals surface area contributed by atoms with Gasteiger partial charge in [-0.25, -0.2) is 9.79 Å². The van der Waals surface area contributed by atoms with Crippen molar-refractivity contribution < 1.29 is 4.79 Å². The maximum Gasteiger partial charge on any atom is 0.332 e. The smallest absolute Gasteiger partial charge is 0.332 e. The molecule has 8 nitrogen and oxygen atoms in total. The molecule has 0 fully saturated rings. The lowest BCUT2D eigenvalue weighted by Gasteiger charge is -2.23. The SMILES string of the molecule is Cn1c2c(c(=O)n(C)c1=O)CN(CC(N)=O)C=N2. The van der Waals surface area contributed by atoms with Crippen molar-refractivity contribution in [2.45, 2.75) is 6.54 Å². The molecule has 0 unspecified atom stereocenters. The van der Waals surface area contributed by atoms with Gasteiger partial charge in [-0.05, 0) is 0 Å². The van der Waals surface area contributed by atoms with Crippen LogP contribution in [0.3, 0.4) is 0 Å². The van der Waals surface area contributed by atoms with Gasteiger partial charge in [-0.2, -0.15) is 0 Å². The molecule has 1 amide bonds. The first-order valence-electron chi connectivity index (χ1n) is 5.27. The van der Waals surface area contributed by atoms with Gasteiger partial charge in [0.25, 0.3) is 5.56 Å². The number of carbonyl (C=O) groups is 1. The molecule has 18 heavy (non-hydrogen) atoms. The fourth-order valence-electron chi connectivity index (χ4n) is 1.88. The van der Waals surface area contributed by atoms with Gasteiger partial charge >= 0.3 is 5.69 Å². The van der Waals surface area contributed by atoms with Crippen molar-refractivity contribution in [2.75, 3.05) is 6.54 Å². The van der Waals surface area contributed by atoms with Crippen LogP contribution < -0.4 is 17.0 Å². The van der Waals surface area contributed by atoms with Crippen LogP contribution in [0.4, 0.5) is 5.82 Å². The number of primary amides is 1. The summed E-state index contributed by atoms with van der Waals surface area (Å²) in [5, 5.41) is 0. The molecule has 0 radical (unpaired) electrons. The summed E-state index contributed by atoms with van der Waals surface area (Å²) in [5.41, 5.74) is 4.63. The van der Waals surface area contributed by atoms with E-state index >= 15 is 0 Å². The molecule has 1 aliphatic rings.